The minimum absolute atomic E-state index is 0. The van der Waals surface area contributed by atoms with Crippen LogP contribution in [0.2, 0.25) is 0 Å². The van der Waals surface area contributed by atoms with E-state index in [9.17, 15) is 4.79 Å². The second-order valence-corrected chi connectivity index (χ2v) is 4.87. The van der Waals surface area contributed by atoms with E-state index in [0.29, 0.717) is 19.7 Å². The van der Waals surface area contributed by atoms with Crippen LogP contribution >= 0.6 is 12.4 Å². The van der Waals surface area contributed by atoms with Crippen molar-refractivity contribution in [2.24, 2.45) is 11.7 Å². The number of hydrogen-bond donors (Lipinski definition) is 2. The maximum absolute atomic E-state index is 11.7. The Morgan fingerprint density at radius 3 is 2.72 bits per heavy atom. The first-order valence-corrected chi connectivity index (χ1v) is 6.50. The van der Waals surface area contributed by atoms with Gasteiger partial charge in [-0.05, 0) is 31.6 Å². The third-order valence-electron chi connectivity index (χ3n) is 3.26. The molecule has 2 fully saturated rings. The van der Waals surface area contributed by atoms with E-state index < -0.39 is 0 Å². The van der Waals surface area contributed by atoms with Crippen LogP contribution in [0.15, 0.2) is 0 Å². The molecule has 0 unspecified atom stereocenters. The second-order valence-electron chi connectivity index (χ2n) is 4.87. The molecule has 1 saturated carbocycles. The lowest BCUT2D eigenvalue weighted by molar-refractivity contribution is -0.132. The van der Waals surface area contributed by atoms with Gasteiger partial charge in [0.05, 0.1) is 12.7 Å². The highest BCUT2D eigenvalue weighted by atomic mass is 35.5. The maximum Gasteiger partial charge on any atom is 0.249 e. The van der Waals surface area contributed by atoms with Gasteiger partial charge in [0.15, 0.2) is 0 Å². The highest BCUT2D eigenvalue weighted by Crippen LogP contribution is 2.28. The van der Waals surface area contributed by atoms with Gasteiger partial charge in [-0.3, -0.25) is 4.79 Å². The number of rotatable bonds is 7. The maximum atomic E-state index is 11.7. The summed E-state index contributed by atoms with van der Waals surface area (Å²) < 4.78 is 10.9. The van der Waals surface area contributed by atoms with Gasteiger partial charge in [0, 0.05) is 19.7 Å². The SMILES string of the molecule is Cl.NC[C@H]1CC[C@@H](C(=O)NCCOCC2CC2)O1. The fourth-order valence-electron chi connectivity index (χ4n) is 1.97. The first-order chi connectivity index (χ1) is 8.29. The van der Waals surface area contributed by atoms with Gasteiger partial charge >= 0.3 is 0 Å². The van der Waals surface area contributed by atoms with Crippen LogP contribution in [0.5, 0.6) is 0 Å². The molecule has 0 radical (unpaired) electrons. The van der Waals surface area contributed by atoms with E-state index in [0.717, 1.165) is 25.4 Å². The van der Waals surface area contributed by atoms with E-state index in [2.05, 4.69) is 5.32 Å². The molecule has 1 aliphatic carbocycles. The lowest BCUT2D eigenvalue weighted by Crippen LogP contribution is -2.37. The van der Waals surface area contributed by atoms with Crippen LogP contribution in [0.4, 0.5) is 0 Å². The summed E-state index contributed by atoms with van der Waals surface area (Å²) >= 11 is 0. The normalized spacial score (nSPS) is 26.7. The van der Waals surface area contributed by atoms with Crippen molar-refractivity contribution < 1.29 is 14.3 Å². The summed E-state index contributed by atoms with van der Waals surface area (Å²) in [6.45, 7) is 2.49. The van der Waals surface area contributed by atoms with Crippen LogP contribution < -0.4 is 11.1 Å². The third kappa shape index (κ3) is 5.10. The minimum atomic E-state index is -0.313. The molecule has 3 N–H and O–H groups in total. The molecule has 2 rings (SSSR count). The fraction of sp³-hybridized carbons (Fsp3) is 0.917. The Morgan fingerprint density at radius 1 is 1.33 bits per heavy atom. The average molecular weight is 279 g/mol. The summed E-state index contributed by atoms with van der Waals surface area (Å²) in [4.78, 5) is 11.7. The molecule has 1 heterocycles. The number of hydrogen-bond acceptors (Lipinski definition) is 4. The summed E-state index contributed by atoms with van der Waals surface area (Å²) in [5, 5.41) is 2.83. The Morgan fingerprint density at radius 2 is 2.11 bits per heavy atom. The van der Waals surface area contributed by atoms with Crippen LogP contribution in [0.3, 0.4) is 0 Å². The highest BCUT2D eigenvalue weighted by Gasteiger charge is 2.29. The number of carbonyl (C=O) groups is 1. The van der Waals surface area contributed by atoms with Gasteiger partial charge in [0.1, 0.15) is 6.10 Å². The van der Waals surface area contributed by atoms with Crippen molar-refractivity contribution in [2.75, 3.05) is 26.3 Å². The lowest BCUT2D eigenvalue weighted by Gasteiger charge is -2.12. The van der Waals surface area contributed by atoms with Crippen LogP contribution in [-0.4, -0.2) is 44.4 Å². The van der Waals surface area contributed by atoms with Gasteiger partial charge in [0.25, 0.3) is 0 Å². The van der Waals surface area contributed by atoms with Crippen molar-refractivity contribution in [3.05, 3.63) is 0 Å². The van der Waals surface area contributed by atoms with E-state index in [1.165, 1.54) is 12.8 Å². The van der Waals surface area contributed by atoms with E-state index in [4.69, 9.17) is 15.2 Å². The summed E-state index contributed by atoms with van der Waals surface area (Å²) in [6.07, 6.45) is 3.98. The second kappa shape index (κ2) is 7.94. The van der Waals surface area contributed by atoms with Crippen molar-refractivity contribution >= 4 is 18.3 Å². The van der Waals surface area contributed by atoms with Crippen LogP contribution in [0.25, 0.3) is 0 Å². The Hall–Kier alpha value is -0.360. The molecule has 0 spiro atoms. The van der Waals surface area contributed by atoms with E-state index in [1.807, 2.05) is 0 Å². The monoisotopic (exact) mass is 278 g/mol. The molecule has 1 aliphatic heterocycles. The summed E-state index contributed by atoms with van der Waals surface area (Å²) in [7, 11) is 0. The molecule has 0 aromatic rings. The molecular weight excluding hydrogens is 256 g/mol. The number of nitrogens with one attached hydrogen (secondary N) is 1. The molecule has 0 aromatic carbocycles. The summed E-state index contributed by atoms with van der Waals surface area (Å²) in [5.74, 6) is 0.741. The van der Waals surface area contributed by atoms with Gasteiger partial charge in [-0.25, -0.2) is 0 Å². The molecule has 0 aromatic heterocycles. The standard InChI is InChI=1S/C12H22N2O3.ClH/c13-7-10-3-4-11(17-10)12(15)14-5-6-16-8-9-1-2-9;/h9-11H,1-8,13H2,(H,14,15);1H/t10-,11+;/m1./s1. The molecule has 5 nitrogen and oxygen atoms in total. The van der Waals surface area contributed by atoms with Crippen molar-refractivity contribution in [3.63, 3.8) is 0 Å². The third-order valence-corrected chi connectivity index (χ3v) is 3.26. The number of ether oxygens (including phenoxy) is 2. The number of halogens is 1. The first kappa shape index (κ1) is 15.7. The van der Waals surface area contributed by atoms with Gasteiger partial charge in [0.2, 0.25) is 5.91 Å². The largest absolute Gasteiger partial charge is 0.379 e. The van der Waals surface area contributed by atoms with Gasteiger partial charge in [-0.2, -0.15) is 0 Å². The number of carbonyl (C=O) groups excluding carboxylic acids is 1. The minimum Gasteiger partial charge on any atom is -0.379 e. The topological polar surface area (TPSA) is 73.6 Å². The predicted octanol–water partition coefficient (Wildman–Crippen LogP) is 0.457. The van der Waals surface area contributed by atoms with Crippen molar-refractivity contribution in [2.45, 2.75) is 37.9 Å². The smallest absolute Gasteiger partial charge is 0.249 e. The molecule has 2 atom stereocenters. The summed E-state index contributed by atoms with van der Waals surface area (Å²) in [6, 6.07) is 0. The van der Waals surface area contributed by atoms with Gasteiger partial charge in [-0.1, -0.05) is 0 Å². The van der Waals surface area contributed by atoms with Crippen molar-refractivity contribution in [3.8, 4) is 0 Å². The molecule has 6 heteroatoms. The zero-order valence-corrected chi connectivity index (χ0v) is 11.4. The van der Waals surface area contributed by atoms with Crippen molar-refractivity contribution in [1.82, 2.24) is 5.32 Å². The Bertz CT molecular complexity index is 262. The molecule has 1 saturated heterocycles. The van der Waals surface area contributed by atoms with Gasteiger partial charge < -0.3 is 20.5 Å². The molecule has 106 valence electrons. The number of amides is 1. The molecular formula is C12H23ClN2O3. The lowest BCUT2D eigenvalue weighted by atomic mass is 10.2. The molecule has 1 amide bonds. The van der Waals surface area contributed by atoms with E-state index in [-0.39, 0.29) is 30.5 Å². The van der Waals surface area contributed by atoms with E-state index in [1.54, 1.807) is 0 Å². The van der Waals surface area contributed by atoms with E-state index >= 15 is 0 Å². The first-order valence-electron chi connectivity index (χ1n) is 6.50. The molecule has 0 bridgehead atoms. The Labute approximate surface area is 114 Å². The molecule has 2 aliphatic rings. The van der Waals surface area contributed by atoms with Crippen LogP contribution in [0.1, 0.15) is 25.7 Å². The Kier molecular flexibility index (Phi) is 6.92. The fourth-order valence-corrected chi connectivity index (χ4v) is 1.97. The summed E-state index contributed by atoms with van der Waals surface area (Å²) in [5.41, 5.74) is 5.49. The quantitative estimate of drug-likeness (QED) is 0.664. The Balaban J connectivity index is 0.00000162. The predicted molar refractivity (Wildman–Crippen MR) is 70.8 cm³/mol. The van der Waals surface area contributed by atoms with Crippen molar-refractivity contribution in [1.29, 1.82) is 0 Å². The van der Waals surface area contributed by atoms with Gasteiger partial charge in [-0.15, -0.1) is 12.4 Å². The highest BCUT2D eigenvalue weighted by molar-refractivity contribution is 5.85. The molecule has 18 heavy (non-hydrogen) atoms. The van der Waals surface area contributed by atoms with Crippen LogP contribution in [-0.2, 0) is 14.3 Å². The zero-order chi connectivity index (χ0) is 12.1. The average Bonchev–Trinajstić information content (AvgIpc) is 3.03. The van der Waals surface area contributed by atoms with Crippen LogP contribution in [0, 0.1) is 5.92 Å². The zero-order valence-electron chi connectivity index (χ0n) is 10.6. The number of nitrogens with two attached hydrogens (primary N) is 1.